The maximum Gasteiger partial charge on any atom is 0.269 e. The largest absolute Gasteiger partial charge is 0.269 e. The summed E-state index contributed by atoms with van der Waals surface area (Å²) in [7, 11) is 0. The van der Waals surface area contributed by atoms with E-state index in [-0.39, 0.29) is 5.69 Å². The summed E-state index contributed by atoms with van der Waals surface area (Å²) in [6.07, 6.45) is 0.499. The average Bonchev–Trinajstić information content (AvgIpc) is 2.42. The number of nitro benzene ring substituents is 1. The monoisotopic (exact) mass is 196 g/mol. The predicted molar refractivity (Wildman–Crippen MR) is 49.7 cm³/mol. The van der Waals surface area contributed by atoms with E-state index in [1.807, 2.05) is 0 Å². The summed E-state index contributed by atoms with van der Waals surface area (Å²) >= 11 is 5.69. The third-order valence-electron chi connectivity index (χ3n) is 1.85. The van der Waals surface area contributed by atoms with Crippen molar-refractivity contribution in [3.8, 4) is 0 Å². The number of non-ortho nitro benzene ring substituents is 1. The van der Waals surface area contributed by atoms with E-state index >= 15 is 0 Å². The molecule has 0 radical (unpaired) electrons. The molecule has 4 nitrogen and oxygen atoms in total. The Morgan fingerprint density at radius 3 is 3.00 bits per heavy atom. The number of fused-ring (bicyclic) bond motifs is 1. The van der Waals surface area contributed by atoms with E-state index in [0.29, 0.717) is 11.6 Å². The molecule has 1 heterocycles. The normalized spacial score (nSPS) is 13.8. The van der Waals surface area contributed by atoms with Gasteiger partial charge in [0.1, 0.15) is 5.17 Å². The Kier molecular flexibility index (Phi) is 1.77. The van der Waals surface area contributed by atoms with Crippen LogP contribution in [0, 0.1) is 10.1 Å². The number of hydrogen-bond donors (Lipinski definition) is 0. The van der Waals surface area contributed by atoms with Crippen LogP contribution in [0.2, 0.25) is 0 Å². The molecule has 0 saturated carbocycles. The van der Waals surface area contributed by atoms with Crippen molar-refractivity contribution in [1.82, 2.24) is 0 Å². The summed E-state index contributed by atoms with van der Waals surface area (Å²) in [6.45, 7) is 0. The fourth-order valence-corrected chi connectivity index (χ4v) is 1.50. The van der Waals surface area contributed by atoms with Crippen LogP contribution in [0.5, 0.6) is 0 Å². The summed E-state index contributed by atoms with van der Waals surface area (Å²) in [4.78, 5) is 14.0. The van der Waals surface area contributed by atoms with Gasteiger partial charge in [0.25, 0.3) is 5.69 Å². The van der Waals surface area contributed by atoms with Crippen LogP contribution in [-0.2, 0) is 6.42 Å². The number of nitro groups is 1. The topological polar surface area (TPSA) is 55.5 Å². The van der Waals surface area contributed by atoms with Gasteiger partial charge in [-0.15, -0.1) is 0 Å². The molecule has 0 bridgehead atoms. The van der Waals surface area contributed by atoms with E-state index in [0.717, 1.165) is 11.3 Å². The van der Waals surface area contributed by atoms with Gasteiger partial charge < -0.3 is 0 Å². The first-order chi connectivity index (χ1) is 6.16. The molecule has 13 heavy (non-hydrogen) atoms. The molecular weight excluding hydrogens is 192 g/mol. The molecule has 0 amide bonds. The van der Waals surface area contributed by atoms with Crippen molar-refractivity contribution in [2.24, 2.45) is 4.99 Å². The Labute approximate surface area is 79.0 Å². The second-order valence-electron chi connectivity index (χ2n) is 2.73. The van der Waals surface area contributed by atoms with E-state index in [9.17, 15) is 10.1 Å². The Bertz CT molecular complexity index is 415. The molecule has 1 aliphatic rings. The number of rotatable bonds is 1. The van der Waals surface area contributed by atoms with Crippen LogP contribution in [0.25, 0.3) is 0 Å². The van der Waals surface area contributed by atoms with E-state index in [2.05, 4.69) is 4.99 Å². The van der Waals surface area contributed by atoms with Crippen molar-refractivity contribution >= 4 is 28.1 Å². The second kappa shape index (κ2) is 2.81. The minimum atomic E-state index is -0.424. The standard InChI is InChI=1S/C8H5ClN2O2/c9-8-4-5-3-6(11(12)13)1-2-7(5)10-8/h1-3H,4H2. The van der Waals surface area contributed by atoms with Crippen LogP contribution in [0.1, 0.15) is 5.56 Å². The van der Waals surface area contributed by atoms with Gasteiger partial charge in [-0.2, -0.15) is 0 Å². The van der Waals surface area contributed by atoms with E-state index in [1.165, 1.54) is 12.1 Å². The third kappa shape index (κ3) is 1.40. The summed E-state index contributed by atoms with van der Waals surface area (Å²) < 4.78 is 0. The van der Waals surface area contributed by atoms with Gasteiger partial charge in [0.05, 0.1) is 10.6 Å². The predicted octanol–water partition coefficient (Wildman–Crippen LogP) is 2.42. The fraction of sp³-hybridized carbons (Fsp3) is 0.125. The van der Waals surface area contributed by atoms with Crippen LogP contribution < -0.4 is 0 Å². The summed E-state index contributed by atoms with van der Waals surface area (Å²) in [6, 6.07) is 4.55. The third-order valence-corrected chi connectivity index (χ3v) is 2.07. The highest BCUT2D eigenvalue weighted by Crippen LogP contribution is 2.30. The Balaban J connectivity index is 2.45. The minimum absolute atomic E-state index is 0.0836. The van der Waals surface area contributed by atoms with Gasteiger partial charge >= 0.3 is 0 Å². The van der Waals surface area contributed by atoms with Crippen LogP contribution in [0.4, 0.5) is 11.4 Å². The SMILES string of the molecule is O=[N+]([O-])c1ccc2c(c1)CC(Cl)=N2. The molecule has 5 heteroatoms. The summed E-state index contributed by atoms with van der Waals surface area (Å²) in [5.41, 5.74) is 1.63. The molecule has 0 N–H and O–H groups in total. The maximum atomic E-state index is 10.4. The Morgan fingerprint density at radius 1 is 1.54 bits per heavy atom. The molecule has 0 spiro atoms. The van der Waals surface area contributed by atoms with Gasteiger partial charge in [0.2, 0.25) is 0 Å². The Hall–Kier alpha value is -1.42. The van der Waals surface area contributed by atoms with E-state index < -0.39 is 4.92 Å². The minimum Gasteiger partial charge on any atom is -0.258 e. The zero-order valence-electron chi connectivity index (χ0n) is 6.53. The lowest BCUT2D eigenvalue weighted by molar-refractivity contribution is -0.384. The zero-order chi connectivity index (χ0) is 9.42. The number of aliphatic imine (C=N–C) groups is 1. The zero-order valence-corrected chi connectivity index (χ0v) is 7.28. The Morgan fingerprint density at radius 2 is 2.31 bits per heavy atom. The summed E-state index contributed by atoms with van der Waals surface area (Å²) in [5.74, 6) is 0. The van der Waals surface area contributed by atoms with Crippen molar-refractivity contribution in [2.75, 3.05) is 0 Å². The van der Waals surface area contributed by atoms with Gasteiger partial charge in [0, 0.05) is 18.6 Å². The molecule has 0 unspecified atom stereocenters. The van der Waals surface area contributed by atoms with E-state index in [4.69, 9.17) is 11.6 Å². The van der Waals surface area contributed by atoms with E-state index in [1.54, 1.807) is 6.07 Å². The number of benzene rings is 1. The molecule has 2 rings (SSSR count). The molecule has 1 aliphatic heterocycles. The van der Waals surface area contributed by atoms with Crippen molar-refractivity contribution in [1.29, 1.82) is 0 Å². The first-order valence-corrected chi connectivity index (χ1v) is 4.05. The highest BCUT2D eigenvalue weighted by atomic mass is 35.5. The molecule has 66 valence electrons. The fourth-order valence-electron chi connectivity index (χ4n) is 1.26. The number of nitrogens with zero attached hydrogens (tertiary/aromatic N) is 2. The molecule has 0 aromatic heterocycles. The van der Waals surface area contributed by atoms with Crippen LogP contribution in [0.3, 0.4) is 0 Å². The highest BCUT2D eigenvalue weighted by molar-refractivity contribution is 6.66. The maximum absolute atomic E-state index is 10.4. The lowest BCUT2D eigenvalue weighted by Gasteiger charge is -1.95. The number of hydrogen-bond acceptors (Lipinski definition) is 3. The lowest BCUT2D eigenvalue weighted by Crippen LogP contribution is -1.90. The first kappa shape index (κ1) is 8.19. The average molecular weight is 197 g/mol. The van der Waals surface area contributed by atoms with Crippen molar-refractivity contribution in [2.45, 2.75) is 6.42 Å². The van der Waals surface area contributed by atoms with Crippen LogP contribution >= 0.6 is 11.6 Å². The van der Waals surface area contributed by atoms with Crippen molar-refractivity contribution < 1.29 is 4.92 Å². The molecule has 1 aromatic carbocycles. The molecule has 0 saturated heterocycles. The lowest BCUT2D eigenvalue weighted by atomic mass is 10.1. The van der Waals surface area contributed by atoms with Crippen molar-refractivity contribution in [3.63, 3.8) is 0 Å². The van der Waals surface area contributed by atoms with Gasteiger partial charge in [0.15, 0.2) is 0 Å². The smallest absolute Gasteiger partial charge is 0.258 e. The number of halogens is 1. The second-order valence-corrected chi connectivity index (χ2v) is 3.17. The quantitative estimate of drug-likeness (QED) is 0.512. The van der Waals surface area contributed by atoms with Gasteiger partial charge in [-0.05, 0) is 11.6 Å². The molecule has 0 fully saturated rings. The molecule has 0 aliphatic carbocycles. The summed E-state index contributed by atoms with van der Waals surface area (Å²) in [5, 5.41) is 10.9. The van der Waals surface area contributed by atoms with Crippen LogP contribution in [-0.4, -0.2) is 10.1 Å². The molecule has 0 atom stereocenters. The van der Waals surface area contributed by atoms with Gasteiger partial charge in [-0.25, -0.2) is 4.99 Å². The first-order valence-electron chi connectivity index (χ1n) is 3.67. The van der Waals surface area contributed by atoms with Gasteiger partial charge in [-0.3, -0.25) is 10.1 Å². The highest BCUT2D eigenvalue weighted by Gasteiger charge is 2.16. The van der Waals surface area contributed by atoms with Crippen molar-refractivity contribution in [3.05, 3.63) is 33.9 Å². The van der Waals surface area contributed by atoms with Gasteiger partial charge in [-0.1, -0.05) is 11.6 Å². The molecule has 1 aromatic rings. The molecular formula is C8H5ClN2O2. The van der Waals surface area contributed by atoms with Crippen LogP contribution in [0.15, 0.2) is 23.2 Å².